The zero-order chi connectivity index (χ0) is 13.2. The van der Waals surface area contributed by atoms with Crippen molar-refractivity contribution in [2.75, 3.05) is 31.1 Å². The highest BCUT2D eigenvalue weighted by molar-refractivity contribution is 5.52. The molecule has 1 fully saturated rings. The van der Waals surface area contributed by atoms with Crippen LogP contribution in [0.3, 0.4) is 0 Å². The average molecular weight is 258 g/mol. The summed E-state index contributed by atoms with van der Waals surface area (Å²) in [6, 6.07) is 7.11. The van der Waals surface area contributed by atoms with Gasteiger partial charge >= 0.3 is 0 Å². The summed E-state index contributed by atoms with van der Waals surface area (Å²) in [5, 5.41) is 17.2. The topological polar surface area (TPSA) is 53.3 Å². The molecule has 5 nitrogen and oxygen atoms in total. The van der Waals surface area contributed by atoms with E-state index in [1.54, 1.807) is 12.1 Å². The van der Waals surface area contributed by atoms with Crippen molar-refractivity contribution in [3.63, 3.8) is 0 Å². The lowest BCUT2D eigenvalue weighted by atomic mass is 10.2. The molecule has 2 N–H and O–H groups in total. The van der Waals surface area contributed by atoms with E-state index in [2.05, 4.69) is 22.2 Å². The summed E-state index contributed by atoms with van der Waals surface area (Å²) >= 11 is 0. The lowest BCUT2D eigenvalue weighted by Gasteiger charge is -2.28. The number of hydrogen-bond donors (Lipinski definition) is 2. The lowest BCUT2D eigenvalue weighted by Crippen LogP contribution is -2.43. The van der Waals surface area contributed by atoms with Crippen molar-refractivity contribution in [2.45, 2.75) is 6.92 Å². The minimum Gasteiger partial charge on any atom is -0.508 e. The van der Waals surface area contributed by atoms with Gasteiger partial charge in [0.1, 0.15) is 5.75 Å². The van der Waals surface area contributed by atoms with E-state index >= 15 is 0 Å². The third-order valence-electron chi connectivity index (χ3n) is 3.54. The Morgan fingerprint density at radius 1 is 1.16 bits per heavy atom. The van der Waals surface area contributed by atoms with Gasteiger partial charge in [-0.15, -0.1) is 0 Å². The number of aromatic nitrogens is 2. The van der Waals surface area contributed by atoms with E-state index < -0.39 is 0 Å². The molecule has 0 amide bonds. The highest BCUT2D eigenvalue weighted by Gasteiger charge is 2.16. The molecule has 3 rings (SSSR count). The minimum absolute atomic E-state index is 0.274. The Morgan fingerprint density at radius 3 is 2.53 bits per heavy atom. The highest BCUT2D eigenvalue weighted by atomic mass is 16.3. The smallest absolute Gasteiger partial charge is 0.115 e. The van der Waals surface area contributed by atoms with E-state index in [9.17, 15) is 5.11 Å². The minimum atomic E-state index is 0.274. The maximum atomic E-state index is 9.34. The van der Waals surface area contributed by atoms with E-state index in [0.717, 1.165) is 37.6 Å². The van der Waals surface area contributed by atoms with Gasteiger partial charge in [-0.2, -0.15) is 5.10 Å². The zero-order valence-corrected chi connectivity index (χ0v) is 11.0. The molecule has 0 spiro atoms. The number of anilines is 1. The summed E-state index contributed by atoms with van der Waals surface area (Å²) in [7, 11) is 0. The summed E-state index contributed by atoms with van der Waals surface area (Å²) in [4.78, 5) is 2.36. The van der Waals surface area contributed by atoms with Gasteiger partial charge in [0.25, 0.3) is 0 Å². The molecule has 0 unspecified atom stereocenters. The molecule has 1 aromatic carbocycles. The lowest BCUT2D eigenvalue weighted by molar-refractivity contribution is 0.475. The Kier molecular flexibility index (Phi) is 3.13. The predicted octanol–water partition coefficient (Wildman–Crippen LogP) is 1.30. The van der Waals surface area contributed by atoms with Crippen molar-refractivity contribution in [1.29, 1.82) is 0 Å². The van der Waals surface area contributed by atoms with Gasteiger partial charge in [0.15, 0.2) is 0 Å². The maximum absolute atomic E-state index is 9.34. The van der Waals surface area contributed by atoms with Crippen molar-refractivity contribution in [3.8, 4) is 11.4 Å². The molecule has 2 aromatic rings. The van der Waals surface area contributed by atoms with E-state index in [0.29, 0.717) is 0 Å². The fourth-order valence-electron chi connectivity index (χ4n) is 2.47. The van der Waals surface area contributed by atoms with E-state index in [4.69, 9.17) is 0 Å². The van der Waals surface area contributed by atoms with Crippen molar-refractivity contribution in [1.82, 2.24) is 15.1 Å². The second kappa shape index (κ2) is 4.93. The molecule has 5 heteroatoms. The fraction of sp³-hybridized carbons (Fsp3) is 0.357. The monoisotopic (exact) mass is 258 g/mol. The number of aromatic hydroxyl groups is 1. The predicted molar refractivity (Wildman–Crippen MR) is 75.0 cm³/mol. The molecule has 0 radical (unpaired) electrons. The number of phenols is 1. The zero-order valence-electron chi connectivity index (χ0n) is 11.0. The molecule has 1 aromatic heterocycles. The molecular weight excluding hydrogens is 240 g/mol. The summed E-state index contributed by atoms with van der Waals surface area (Å²) < 4.78 is 1.91. The standard InChI is InChI=1S/C14H18N4O/c1-11-14(17-8-6-15-7-9-17)10-16-18(11)12-2-4-13(19)5-3-12/h2-5,10,15,19H,6-9H2,1H3. The number of phenolic OH excluding ortho intramolecular Hbond substituents is 1. The molecule has 100 valence electrons. The Bertz CT molecular complexity index is 555. The van der Waals surface area contributed by atoms with Crippen LogP contribution in [0.2, 0.25) is 0 Å². The molecular formula is C14H18N4O. The van der Waals surface area contributed by atoms with Crippen molar-refractivity contribution in [3.05, 3.63) is 36.2 Å². The second-order valence-electron chi connectivity index (χ2n) is 4.78. The van der Waals surface area contributed by atoms with Gasteiger partial charge in [-0.05, 0) is 31.2 Å². The summed E-state index contributed by atoms with van der Waals surface area (Å²) in [5.41, 5.74) is 3.29. The first kappa shape index (κ1) is 12.0. The fourth-order valence-corrected chi connectivity index (χ4v) is 2.47. The van der Waals surface area contributed by atoms with E-state index in [-0.39, 0.29) is 5.75 Å². The Labute approximate surface area is 112 Å². The number of rotatable bonds is 2. The second-order valence-corrected chi connectivity index (χ2v) is 4.78. The Balaban J connectivity index is 1.91. The van der Waals surface area contributed by atoms with Crippen LogP contribution >= 0.6 is 0 Å². The van der Waals surface area contributed by atoms with Gasteiger partial charge < -0.3 is 15.3 Å². The molecule has 1 aliphatic rings. The summed E-state index contributed by atoms with van der Waals surface area (Å²) in [5.74, 6) is 0.274. The third-order valence-corrected chi connectivity index (χ3v) is 3.54. The van der Waals surface area contributed by atoms with Crippen LogP contribution in [0.15, 0.2) is 30.5 Å². The van der Waals surface area contributed by atoms with Gasteiger partial charge in [-0.25, -0.2) is 4.68 Å². The average Bonchev–Trinajstić information content (AvgIpc) is 2.83. The van der Waals surface area contributed by atoms with E-state index in [1.165, 1.54) is 5.69 Å². The molecule has 0 saturated carbocycles. The molecule has 2 heterocycles. The number of nitrogens with one attached hydrogen (secondary N) is 1. The summed E-state index contributed by atoms with van der Waals surface area (Å²) in [6.07, 6.45) is 1.92. The van der Waals surface area contributed by atoms with Crippen LogP contribution in [0.5, 0.6) is 5.75 Å². The van der Waals surface area contributed by atoms with Crippen LogP contribution in [0, 0.1) is 6.92 Å². The third kappa shape index (κ3) is 2.29. The van der Waals surface area contributed by atoms with Crippen LogP contribution in [0.25, 0.3) is 5.69 Å². The molecule has 1 aliphatic heterocycles. The van der Waals surface area contributed by atoms with Crippen molar-refractivity contribution < 1.29 is 5.11 Å². The molecule has 0 atom stereocenters. The molecule has 19 heavy (non-hydrogen) atoms. The number of piperazine rings is 1. The van der Waals surface area contributed by atoms with Gasteiger partial charge in [-0.1, -0.05) is 0 Å². The van der Waals surface area contributed by atoms with Crippen molar-refractivity contribution >= 4 is 5.69 Å². The first-order valence-electron chi connectivity index (χ1n) is 6.55. The first-order chi connectivity index (χ1) is 9.25. The van der Waals surface area contributed by atoms with E-state index in [1.807, 2.05) is 23.0 Å². The largest absolute Gasteiger partial charge is 0.508 e. The molecule has 1 saturated heterocycles. The number of nitrogens with zero attached hydrogens (tertiary/aromatic N) is 3. The van der Waals surface area contributed by atoms with Crippen molar-refractivity contribution in [2.24, 2.45) is 0 Å². The maximum Gasteiger partial charge on any atom is 0.115 e. The first-order valence-corrected chi connectivity index (χ1v) is 6.55. The van der Waals surface area contributed by atoms with Gasteiger partial charge in [0.05, 0.1) is 23.3 Å². The molecule has 0 aliphatic carbocycles. The van der Waals surface area contributed by atoms with Crippen LogP contribution < -0.4 is 10.2 Å². The SMILES string of the molecule is Cc1c(N2CCNCC2)cnn1-c1ccc(O)cc1. The van der Waals surface area contributed by atoms with Gasteiger partial charge in [-0.3, -0.25) is 0 Å². The number of hydrogen-bond acceptors (Lipinski definition) is 4. The summed E-state index contributed by atoms with van der Waals surface area (Å²) in [6.45, 7) is 6.15. The molecule has 0 bridgehead atoms. The normalized spacial score (nSPS) is 15.7. The van der Waals surface area contributed by atoms with Crippen LogP contribution in [0.1, 0.15) is 5.69 Å². The quantitative estimate of drug-likeness (QED) is 0.852. The van der Waals surface area contributed by atoms with Gasteiger partial charge in [0, 0.05) is 26.2 Å². The van der Waals surface area contributed by atoms with Crippen LogP contribution in [-0.4, -0.2) is 41.1 Å². The Hall–Kier alpha value is -2.01. The Morgan fingerprint density at radius 2 is 1.84 bits per heavy atom. The van der Waals surface area contributed by atoms with Gasteiger partial charge in [0.2, 0.25) is 0 Å². The van der Waals surface area contributed by atoms with Crippen LogP contribution in [0.4, 0.5) is 5.69 Å². The highest BCUT2D eigenvalue weighted by Crippen LogP contribution is 2.23. The van der Waals surface area contributed by atoms with Crippen LogP contribution in [-0.2, 0) is 0 Å². The number of benzene rings is 1.